The zero-order valence-electron chi connectivity index (χ0n) is 28.2. The van der Waals surface area contributed by atoms with Gasteiger partial charge in [0.15, 0.2) is 0 Å². The summed E-state index contributed by atoms with van der Waals surface area (Å²) in [4.78, 5) is 47.4. The molecule has 3 aromatic rings. The molecule has 20 heteroatoms. The molecule has 0 radical (unpaired) electrons. The maximum atomic E-state index is 13.3. The fourth-order valence-corrected chi connectivity index (χ4v) is 6.47. The van der Waals surface area contributed by atoms with Crippen molar-refractivity contribution in [1.82, 2.24) is 20.5 Å². The third kappa shape index (κ3) is 16.3. The number of phenolic OH excluding ortho intramolecular Hbond substituents is 1. The molecule has 0 unspecified atom stereocenters. The van der Waals surface area contributed by atoms with Crippen LogP contribution >= 0.6 is 22.9 Å². The molecule has 1 fully saturated rings. The number of hydrogen-bond acceptors (Lipinski definition) is 8. The van der Waals surface area contributed by atoms with Gasteiger partial charge in [0, 0.05) is 37.1 Å². The standard InChI is InChI=1S/C29H38ClFN4O3S.2C2HF3O2/c30-24-19-22(31)9-7-20(24)11-14-32-16-13-26(37)35(23-5-3-1-2-4-6-23)18-17-33-15-12-21-8-10-25(36)27-28(21)39-29(38)34-27;2*3-2(4,5)1(6)7/h7-10,19,23,32-33,36H,1-6,11-18H2,(H,34,38);2*(H,6,7). The van der Waals surface area contributed by atoms with Gasteiger partial charge in [-0.15, -0.1) is 0 Å². The first-order valence-corrected chi connectivity index (χ1v) is 17.6. The number of alkyl halides is 6. The summed E-state index contributed by atoms with van der Waals surface area (Å²) in [6.45, 7) is 3.33. The Kier molecular flexibility index (Phi) is 18.5. The number of amides is 1. The van der Waals surface area contributed by atoms with Crippen molar-refractivity contribution in [2.45, 2.75) is 76.2 Å². The highest BCUT2D eigenvalue weighted by atomic mass is 35.5. The lowest BCUT2D eigenvalue weighted by Crippen LogP contribution is -2.45. The molecule has 53 heavy (non-hydrogen) atoms. The lowest BCUT2D eigenvalue weighted by atomic mass is 10.1. The lowest BCUT2D eigenvalue weighted by Gasteiger charge is -2.32. The molecule has 0 bridgehead atoms. The van der Waals surface area contributed by atoms with E-state index in [1.807, 2.05) is 6.07 Å². The fraction of sp³-hybridized carbons (Fsp3) is 0.515. The number of aromatic amines is 1. The first-order chi connectivity index (χ1) is 24.8. The van der Waals surface area contributed by atoms with Gasteiger partial charge in [0.2, 0.25) is 5.91 Å². The smallest absolute Gasteiger partial charge is 0.490 e. The van der Waals surface area contributed by atoms with Crippen molar-refractivity contribution in [3.8, 4) is 5.75 Å². The molecule has 1 aliphatic carbocycles. The fourth-order valence-electron chi connectivity index (χ4n) is 5.31. The molecule has 2 aromatic carbocycles. The second-order valence-corrected chi connectivity index (χ2v) is 13.2. The van der Waals surface area contributed by atoms with Crippen LogP contribution in [0.1, 0.15) is 56.1 Å². The van der Waals surface area contributed by atoms with Gasteiger partial charge in [-0.2, -0.15) is 26.3 Å². The first kappa shape index (κ1) is 45.2. The third-order valence-electron chi connectivity index (χ3n) is 7.91. The van der Waals surface area contributed by atoms with Crippen molar-refractivity contribution in [3.05, 3.63) is 62.0 Å². The van der Waals surface area contributed by atoms with Crippen LogP contribution in [-0.2, 0) is 27.2 Å². The number of H-pyrrole nitrogens is 1. The van der Waals surface area contributed by atoms with Crippen molar-refractivity contribution in [3.63, 3.8) is 0 Å². The highest BCUT2D eigenvalue weighted by Crippen LogP contribution is 2.28. The van der Waals surface area contributed by atoms with Crippen LogP contribution in [0.5, 0.6) is 5.75 Å². The number of aromatic hydroxyl groups is 1. The Bertz CT molecular complexity index is 1670. The van der Waals surface area contributed by atoms with Gasteiger partial charge in [0.1, 0.15) is 17.1 Å². The van der Waals surface area contributed by atoms with Gasteiger partial charge in [-0.05, 0) is 68.1 Å². The van der Waals surface area contributed by atoms with Gasteiger partial charge < -0.3 is 35.8 Å². The molecule has 1 aliphatic rings. The predicted octanol–water partition coefficient (Wildman–Crippen LogP) is 6.26. The van der Waals surface area contributed by atoms with E-state index in [0.29, 0.717) is 56.1 Å². The van der Waals surface area contributed by atoms with Crippen molar-refractivity contribution < 1.29 is 60.4 Å². The SMILES string of the molecule is O=C(CCNCCc1ccc(F)cc1Cl)N(CCNCCc1ccc(O)c2[nH]c(=O)sc12)C1CCCCCC1.O=C(O)C(F)(F)F.O=C(O)C(F)(F)F. The molecular formula is C33H40ClF7N4O7S. The quantitative estimate of drug-likeness (QED) is 0.0663. The number of carbonyl (C=O) groups is 3. The van der Waals surface area contributed by atoms with E-state index in [1.54, 1.807) is 12.1 Å². The molecule has 6 N–H and O–H groups in total. The number of aromatic nitrogens is 1. The zero-order valence-corrected chi connectivity index (χ0v) is 29.8. The predicted molar refractivity (Wildman–Crippen MR) is 184 cm³/mol. The van der Waals surface area contributed by atoms with Crippen LogP contribution in [0.3, 0.4) is 0 Å². The van der Waals surface area contributed by atoms with E-state index in [1.165, 1.54) is 25.0 Å². The summed E-state index contributed by atoms with van der Waals surface area (Å²) < 4.78 is 77.5. The van der Waals surface area contributed by atoms with Crippen LogP contribution in [0, 0.1) is 5.82 Å². The number of rotatable bonds is 13. The molecule has 0 spiro atoms. The molecular weight excluding hydrogens is 765 g/mol. The summed E-state index contributed by atoms with van der Waals surface area (Å²) in [6.07, 6.45) is -1.43. The highest BCUT2D eigenvalue weighted by Gasteiger charge is 2.39. The van der Waals surface area contributed by atoms with Crippen LogP contribution in [0.2, 0.25) is 5.02 Å². The van der Waals surface area contributed by atoms with E-state index in [-0.39, 0.29) is 28.4 Å². The second kappa shape index (κ2) is 21.7. The number of hydrogen-bond donors (Lipinski definition) is 6. The summed E-state index contributed by atoms with van der Waals surface area (Å²) in [6, 6.07) is 8.21. The number of nitrogens with zero attached hydrogens (tertiary/aromatic N) is 1. The first-order valence-electron chi connectivity index (χ1n) is 16.4. The van der Waals surface area contributed by atoms with Crippen LogP contribution < -0.4 is 15.5 Å². The summed E-state index contributed by atoms with van der Waals surface area (Å²) in [7, 11) is 0. The average molecular weight is 805 g/mol. The summed E-state index contributed by atoms with van der Waals surface area (Å²) in [5.41, 5.74) is 2.41. The van der Waals surface area contributed by atoms with E-state index >= 15 is 0 Å². The molecule has 0 aliphatic heterocycles. The highest BCUT2D eigenvalue weighted by molar-refractivity contribution is 7.16. The number of aliphatic carboxylic acids is 2. The number of carboxylic acids is 2. The number of thiazole rings is 1. The van der Waals surface area contributed by atoms with Gasteiger partial charge in [0.05, 0.1) is 4.70 Å². The minimum Gasteiger partial charge on any atom is -0.506 e. The Morgan fingerprint density at radius 2 is 1.38 bits per heavy atom. The van der Waals surface area contributed by atoms with Crippen molar-refractivity contribution in [1.29, 1.82) is 0 Å². The number of carboxylic acid groups (broad SMARTS) is 2. The molecule has 4 rings (SSSR count). The maximum Gasteiger partial charge on any atom is 0.490 e. The number of benzene rings is 2. The monoisotopic (exact) mass is 804 g/mol. The van der Waals surface area contributed by atoms with E-state index in [4.69, 9.17) is 31.4 Å². The van der Waals surface area contributed by atoms with Gasteiger partial charge in [0.25, 0.3) is 0 Å². The summed E-state index contributed by atoms with van der Waals surface area (Å²) in [5.74, 6) is -5.59. The van der Waals surface area contributed by atoms with E-state index < -0.39 is 24.3 Å². The van der Waals surface area contributed by atoms with E-state index in [2.05, 4.69) is 20.5 Å². The molecule has 1 saturated carbocycles. The molecule has 1 aromatic heterocycles. The molecule has 296 valence electrons. The largest absolute Gasteiger partial charge is 0.506 e. The summed E-state index contributed by atoms with van der Waals surface area (Å²) in [5, 5.41) is 31.5. The molecule has 1 heterocycles. The topological polar surface area (TPSA) is 172 Å². The van der Waals surface area contributed by atoms with E-state index in [9.17, 15) is 45.4 Å². The van der Waals surface area contributed by atoms with Gasteiger partial charge in [-0.25, -0.2) is 14.0 Å². The Labute approximate surface area is 308 Å². The zero-order chi connectivity index (χ0) is 39.8. The number of phenols is 1. The van der Waals surface area contributed by atoms with Gasteiger partial charge in [-0.3, -0.25) is 9.59 Å². The number of fused-ring (bicyclic) bond motifs is 1. The second-order valence-electron chi connectivity index (χ2n) is 11.8. The average Bonchev–Trinajstić information content (AvgIpc) is 3.27. The van der Waals surface area contributed by atoms with Crippen LogP contribution in [-0.4, -0.2) is 94.2 Å². The normalized spacial score (nSPS) is 13.7. The van der Waals surface area contributed by atoms with Crippen molar-refractivity contribution in [2.75, 3.05) is 32.7 Å². The van der Waals surface area contributed by atoms with E-state index in [0.717, 1.165) is 59.3 Å². The number of carbonyl (C=O) groups excluding carboxylic acids is 1. The Morgan fingerprint density at radius 3 is 1.92 bits per heavy atom. The minimum atomic E-state index is -5.08. The van der Waals surface area contributed by atoms with Crippen molar-refractivity contribution >= 4 is 51.0 Å². The van der Waals surface area contributed by atoms with Crippen LogP contribution in [0.25, 0.3) is 10.2 Å². The molecule has 1 amide bonds. The maximum absolute atomic E-state index is 13.3. The molecule has 11 nitrogen and oxygen atoms in total. The van der Waals surface area contributed by atoms with Crippen molar-refractivity contribution in [2.24, 2.45) is 0 Å². The Morgan fingerprint density at radius 1 is 0.849 bits per heavy atom. The van der Waals surface area contributed by atoms with Gasteiger partial charge >= 0.3 is 29.2 Å². The molecule has 0 saturated heterocycles. The minimum absolute atomic E-state index is 0.0892. The lowest BCUT2D eigenvalue weighted by molar-refractivity contribution is -0.193. The number of halogens is 8. The van der Waals surface area contributed by atoms with Crippen LogP contribution in [0.4, 0.5) is 30.7 Å². The van der Waals surface area contributed by atoms with Crippen LogP contribution in [0.15, 0.2) is 35.1 Å². The number of nitrogens with one attached hydrogen (secondary N) is 3. The Balaban J connectivity index is 0.000000587. The molecule has 0 atom stereocenters. The Hall–Kier alpha value is -3.94. The van der Waals surface area contributed by atoms with Gasteiger partial charge in [-0.1, -0.05) is 60.8 Å². The summed E-state index contributed by atoms with van der Waals surface area (Å²) >= 11 is 7.23. The third-order valence-corrected chi connectivity index (χ3v) is 9.22.